The molecule has 0 aromatic rings. The van der Waals surface area contributed by atoms with E-state index < -0.39 is 0 Å². The predicted molar refractivity (Wildman–Crippen MR) is 66.9 cm³/mol. The molecule has 0 spiro atoms. The first-order valence-corrected chi connectivity index (χ1v) is 7.67. The Labute approximate surface area is 93.6 Å². The lowest BCUT2D eigenvalue weighted by Crippen LogP contribution is -2.50. The van der Waals surface area contributed by atoms with Crippen LogP contribution in [0.2, 0.25) is 0 Å². The molecule has 4 fully saturated rings. The van der Waals surface area contributed by atoms with Gasteiger partial charge in [-0.25, -0.2) is 0 Å². The van der Waals surface area contributed by atoms with Gasteiger partial charge in [-0.05, 0) is 56.3 Å². The van der Waals surface area contributed by atoms with Crippen LogP contribution < -0.4 is 0 Å². The molecule has 82 valence electrons. The van der Waals surface area contributed by atoms with Crippen LogP contribution in [-0.2, 0) is 0 Å². The van der Waals surface area contributed by atoms with E-state index in [9.17, 15) is 0 Å². The normalized spacial score (nSPS) is 53.1. The van der Waals surface area contributed by atoms with Crippen molar-refractivity contribution in [1.82, 2.24) is 0 Å². The molecular formula is C12H18N2S. The van der Waals surface area contributed by atoms with Crippen molar-refractivity contribution in [2.24, 2.45) is 28.0 Å². The van der Waals surface area contributed by atoms with Gasteiger partial charge in [0.15, 0.2) is 0 Å². The molecule has 3 heteroatoms. The first kappa shape index (κ1) is 8.80. The van der Waals surface area contributed by atoms with Crippen molar-refractivity contribution in [3.05, 3.63) is 0 Å². The van der Waals surface area contributed by atoms with Gasteiger partial charge < -0.3 is 0 Å². The summed E-state index contributed by atoms with van der Waals surface area (Å²) in [5.74, 6) is 3.17. The van der Waals surface area contributed by atoms with Crippen LogP contribution in [0.15, 0.2) is 10.2 Å². The average Bonchev–Trinajstić information content (AvgIpc) is 2.67. The highest BCUT2D eigenvalue weighted by Crippen LogP contribution is 2.64. The molecular weight excluding hydrogens is 204 g/mol. The zero-order valence-corrected chi connectivity index (χ0v) is 9.87. The molecule has 5 rings (SSSR count). The second-order valence-electron chi connectivity index (χ2n) is 6.01. The summed E-state index contributed by atoms with van der Waals surface area (Å²) in [6, 6.07) is 0. The van der Waals surface area contributed by atoms with Crippen molar-refractivity contribution in [2.75, 3.05) is 0 Å². The van der Waals surface area contributed by atoms with Gasteiger partial charge in [0.05, 0.1) is 11.1 Å². The van der Waals surface area contributed by atoms with Crippen molar-refractivity contribution in [3.8, 4) is 0 Å². The topological polar surface area (TPSA) is 24.7 Å². The summed E-state index contributed by atoms with van der Waals surface area (Å²) < 4.78 is 0.646. The zero-order chi connectivity index (χ0) is 9.88. The van der Waals surface area contributed by atoms with Gasteiger partial charge in [0, 0.05) is 4.75 Å². The van der Waals surface area contributed by atoms with Crippen LogP contribution in [0, 0.1) is 17.8 Å². The number of hydrogen-bond acceptors (Lipinski definition) is 2. The molecule has 2 nitrogen and oxygen atoms in total. The minimum Gasteiger partial charge on any atom is -0.171 e. The average molecular weight is 222 g/mol. The Hall–Kier alpha value is -0.310. The summed E-state index contributed by atoms with van der Waals surface area (Å²) in [7, 11) is -0.103. The molecule has 1 aliphatic heterocycles. The number of hydrogen-bond donors (Lipinski definition) is 1. The molecule has 1 heterocycles. The summed E-state index contributed by atoms with van der Waals surface area (Å²) in [5, 5.41) is 8.19. The third kappa shape index (κ3) is 1.19. The van der Waals surface area contributed by atoms with Gasteiger partial charge in [-0.3, -0.25) is 0 Å². The molecule has 0 N–H and O–H groups in total. The maximum Gasteiger partial charge on any atom is 0.0682 e. The fourth-order valence-corrected chi connectivity index (χ4v) is 7.13. The van der Waals surface area contributed by atoms with Gasteiger partial charge in [0.25, 0.3) is 0 Å². The van der Waals surface area contributed by atoms with Crippen molar-refractivity contribution in [1.29, 1.82) is 0 Å². The standard InChI is InChI=1S/C12H18N2S/c1-9-2-11-3-10(1)5-12(4-9,6-11)15-7-13-14-8-15/h7-11,15H,1-6H2. The highest BCUT2D eigenvalue weighted by atomic mass is 32.2. The summed E-state index contributed by atoms with van der Waals surface area (Å²) in [6.45, 7) is 0. The van der Waals surface area contributed by atoms with Crippen LogP contribution in [0.5, 0.6) is 0 Å². The van der Waals surface area contributed by atoms with E-state index in [2.05, 4.69) is 21.3 Å². The molecule has 4 aliphatic carbocycles. The highest BCUT2D eigenvalue weighted by molar-refractivity contribution is 8.40. The Morgan fingerprint density at radius 2 is 1.33 bits per heavy atom. The first-order chi connectivity index (χ1) is 7.34. The quantitative estimate of drug-likeness (QED) is 0.660. The predicted octanol–water partition coefficient (Wildman–Crippen LogP) is 2.94. The minimum atomic E-state index is -0.103. The summed E-state index contributed by atoms with van der Waals surface area (Å²) in [4.78, 5) is 0. The lowest BCUT2D eigenvalue weighted by Gasteiger charge is -2.58. The van der Waals surface area contributed by atoms with Crippen molar-refractivity contribution in [3.63, 3.8) is 0 Å². The molecule has 0 amide bonds. The summed E-state index contributed by atoms with van der Waals surface area (Å²) in [6.07, 6.45) is 9.08. The molecule has 0 aromatic carbocycles. The zero-order valence-electron chi connectivity index (χ0n) is 8.97. The highest BCUT2D eigenvalue weighted by Gasteiger charge is 2.52. The Kier molecular flexibility index (Phi) is 1.69. The van der Waals surface area contributed by atoms with Crippen LogP contribution in [0.4, 0.5) is 0 Å². The third-order valence-electron chi connectivity index (χ3n) is 4.97. The fraction of sp³-hybridized carbons (Fsp3) is 0.833. The van der Waals surface area contributed by atoms with E-state index in [1.165, 1.54) is 38.5 Å². The molecule has 4 bridgehead atoms. The lowest BCUT2D eigenvalue weighted by atomic mass is 9.56. The van der Waals surface area contributed by atoms with E-state index in [1.54, 1.807) is 0 Å². The molecule has 0 atom stereocenters. The van der Waals surface area contributed by atoms with Gasteiger partial charge in [0.2, 0.25) is 0 Å². The second kappa shape index (κ2) is 2.88. The Bertz CT molecular complexity index is 300. The van der Waals surface area contributed by atoms with E-state index in [1.807, 2.05) is 0 Å². The second-order valence-corrected chi connectivity index (χ2v) is 8.24. The van der Waals surface area contributed by atoms with Crippen LogP contribution in [-0.4, -0.2) is 15.8 Å². The molecule has 0 radical (unpaired) electrons. The molecule has 0 saturated heterocycles. The van der Waals surface area contributed by atoms with Gasteiger partial charge in [-0.15, -0.1) is 0 Å². The first-order valence-electron chi connectivity index (χ1n) is 6.19. The number of thiol groups is 1. The van der Waals surface area contributed by atoms with E-state index in [0.717, 1.165) is 17.8 Å². The maximum absolute atomic E-state index is 4.10. The molecule has 5 aliphatic rings. The summed E-state index contributed by atoms with van der Waals surface area (Å²) >= 11 is 0. The summed E-state index contributed by atoms with van der Waals surface area (Å²) in [5.41, 5.74) is 4.34. The lowest BCUT2D eigenvalue weighted by molar-refractivity contribution is 0.0384. The molecule has 0 unspecified atom stereocenters. The van der Waals surface area contributed by atoms with Crippen LogP contribution in [0.3, 0.4) is 0 Å². The van der Waals surface area contributed by atoms with Crippen LogP contribution in [0.25, 0.3) is 0 Å². The van der Waals surface area contributed by atoms with Gasteiger partial charge in [0.1, 0.15) is 0 Å². The minimum absolute atomic E-state index is 0.103. The Morgan fingerprint density at radius 1 is 0.867 bits per heavy atom. The number of rotatable bonds is 1. The SMILES string of the molecule is C1=NN=C[SH]1C12CC3CC(CC(C3)C1)C2. The number of nitrogens with zero attached hydrogens (tertiary/aromatic N) is 2. The van der Waals surface area contributed by atoms with E-state index in [0.29, 0.717) is 4.75 Å². The van der Waals surface area contributed by atoms with Gasteiger partial charge >= 0.3 is 0 Å². The molecule has 0 aromatic heterocycles. The Balaban J connectivity index is 1.71. The van der Waals surface area contributed by atoms with E-state index >= 15 is 0 Å². The molecule has 4 saturated carbocycles. The van der Waals surface area contributed by atoms with Gasteiger partial charge in [-0.1, -0.05) is 0 Å². The van der Waals surface area contributed by atoms with Gasteiger partial charge in [-0.2, -0.15) is 21.1 Å². The van der Waals surface area contributed by atoms with E-state index in [-0.39, 0.29) is 10.9 Å². The van der Waals surface area contributed by atoms with Crippen molar-refractivity contribution in [2.45, 2.75) is 43.3 Å². The van der Waals surface area contributed by atoms with Crippen LogP contribution >= 0.6 is 10.9 Å². The largest absolute Gasteiger partial charge is 0.171 e. The maximum atomic E-state index is 4.10. The van der Waals surface area contributed by atoms with Crippen LogP contribution in [0.1, 0.15) is 38.5 Å². The van der Waals surface area contributed by atoms with E-state index in [4.69, 9.17) is 0 Å². The Morgan fingerprint density at radius 3 is 1.80 bits per heavy atom. The smallest absolute Gasteiger partial charge is 0.0682 e. The fourth-order valence-electron chi connectivity index (χ4n) is 4.83. The van der Waals surface area contributed by atoms with Crippen molar-refractivity contribution < 1.29 is 0 Å². The molecule has 15 heavy (non-hydrogen) atoms. The van der Waals surface area contributed by atoms with Crippen molar-refractivity contribution >= 4 is 22.0 Å². The third-order valence-corrected chi connectivity index (χ3v) is 7.32. The monoisotopic (exact) mass is 222 g/mol.